The molecule has 0 aliphatic rings. The van der Waals surface area contributed by atoms with Crippen molar-refractivity contribution in [3.63, 3.8) is 0 Å². The molecular weight excluding hydrogens is 360 g/mol. The highest BCUT2D eigenvalue weighted by molar-refractivity contribution is 7.99. The summed E-state index contributed by atoms with van der Waals surface area (Å²) in [7, 11) is 0. The van der Waals surface area contributed by atoms with Gasteiger partial charge in [-0.05, 0) is 12.1 Å². The van der Waals surface area contributed by atoms with Crippen LogP contribution >= 0.6 is 11.8 Å². The standard InChI is InChI=1S/C20H16N4O2S/c25-17(14-7-3-1-4-8-14)12-27-13-18-22-19-16(20(26)23-18)11-21-24(19)15-9-5-2-6-10-15/h1-11H,12-13H2,(H,22,23,26). The number of nitrogens with zero attached hydrogens (tertiary/aromatic N) is 3. The SMILES string of the molecule is O=C(CSCc1nc2c(cnn2-c2ccccc2)c(=O)[nH]1)c1ccccc1. The quantitative estimate of drug-likeness (QED) is 0.523. The van der Waals surface area contributed by atoms with Crippen LogP contribution in [-0.4, -0.2) is 31.3 Å². The summed E-state index contributed by atoms with van der Waals surface area (Å²) >= 11 is 1.42. The van der Waals surface area contributed by atoms with Gasteiger partial charge >= 0.3 is 0 Å². The van der Waals surface area contributed by atoms with Crippen LogP contribution < -0.4 is 5.56 Å². The van der Waals surface area contributed by atoms with Crippen molar-refractivity contribution in [2.24, 2.45) is 0 Å². The van der Waals surface area contributed by atoms with E-state index in [0.29, 0.717) is 33.9 Å². The Morgan fingerprint density at radius 1 is 1.04 bits per heavy atom. The summed E-state index contributed by atoms with van der Waals surface area (Å²) in [6.07, 6.45) is 1.52. The Balaban J connectivity index is 1.54. The number of H-pyrrole nitrogens is 1. The van der Waals surface area contributed by atoms with Crippen LogP contribution in [0.5, 0.6) is 0 Å². The molecule has 7 heteroatoms. The molecule has 4 rings (SSSR count). The first-order chi connectivity index (χ1) is 13.2. The molecule has 4 aromatic rings. The summed E-state index contributed by atoms with van der Waals surface area (Å²) in [5.74, 6) is 1.34. The predicted octanol–water partition coefficient (Wildman–Crippen LogP) is 3.22. The third-order valence-electron chi connectivity index (χ3n) is 4.06. The van der Waals surface area contributed by atoms with Crippen molar-refractivity contribution < 1.29 is 4.79 Å². The van der Waals surface area contributed by atoms with Gasteiger partial charge in [0, 0.05) is 5.56 Å². The zero-order valence-electron chi connectivity index (χ0n) is 14.3. The normalized spacial score (nSPS) is 11.0. The number of fused-ring (bicyclic) bond motifs is 1. The van der Waals surface area contributed by atoms with Crippen LogP contribution in [0.15, 0.2) is 71.7 Å². The van der Waals surface area contributed by atoms with Gasteiger partial charge in [0.05, 0.1) is 23.4 Å². The number of carbonyl (C=O) groups is 1. The number of thioether (sulfide) groups is 1. The van der Waals surface area contributed by atoms with Crippen LogP contribution in [0.1, 0.15) is 16.2 Å². The van der Waals surface area contributed by atoms with E-state index >= 15 is 0 Å². The summed E-state index contributed by atoms with van der Waals surface area (Å²) in [5, 5.41) is 4.73. The highest BCUT2D eigenvalue weighted by Crippen LogP contribution is 2.16. The number of benzene rings is 2. The lowest BCUT2D eigenvalue weighted by molar-refractivity contribution is 0.102. The first-order valence-corrected chi connectivity index (χ1v) is 9.56. The van der Waals surface area contributed by atoms with Crippen molar-refractivity contribution in [1.29, 1.82) is 0 Å². The summed E-state index contributed by atoms with van der Waals surface area (Å²) in [6, 6.07) is 18.7. The molecule has 6 nitrogen and oxygen atoms in total. The first kappa shape index (κ1) is 17.2. The number of hydrogen-bond acceptors (Lipinski definition) is 5. The number of rotatable bonds is 6. The van der Waals surface area contributed by atoms with Crippen molar-refractivity contribution in [3.05, 3.63) is 88.6 Å². The molecule has 0 spiro atoms. The Morgan fingerprint density at radius 3 is 2.48 bits per heavy atom. The van der Waals surface area contributed by atoms with Gasteiger partial charge in [-0.1, -0.05) is 48.5 Å². The zero-order chi connectivity index (χ0) is 18.6. The third-order valence-corrected chi connectivity index (χ3v) is 5.00. The second-order valence-corrected chi connectivity index (χ2v) is 6.91. The van der Waals surface area contributed by atoms with E-state index < -0.39 is 0 Å². The van der Waals surface area contributed by atoms with Crippen molar-refractivity contribution >= 4 is 28.6 Å². The molecule has 2 aromatic heterocycles. The Labute approximate surface area is 159 Å². The van der Waals surface area contributed by atoms with Crippen molar-refractivity contribution in [2.45, 2.75) is 5.75 Å². The van der Waals surface area contributed by atoms with Gasteiger partial charge in [-0.15, -0.1) is 11.8 Å². The smallest absolute Gasteiger partial charge is 0.262 e. The molecule has 134 valence electrons. The van der Waals surface area contributed by atoms with Crippen LogP contribution in [0, 0.1) is 0 Å². The van der Waals surface area contributed by atoms with Gasteiger partial charge in [-0.25, -0.2) is 9.67 Å². The Kier molecular flexibility index (Phi) is 4.84. The molecule has 27 heavy (non-hydrogen) atoms. The van der Waals surface area contributed by atoms with Crippen LogP contribution in [0.25, 0.3) is 16.7 Å². The topological polar surface area (TPSA) is 80.6 Å². The molecule has 2 heterocycles. The monoisotopic (exact) mass is 376 g/mol. The second-order valence-electron chi connectivity index (χ2n) is 5.92. The average Bonchev–Trinajstić information content (AvgIpc) is 3.14. The van der Waals surface area contributed by atoms with Crippen molar-refractivity contribution in [3.8, 4) is 5.69 Å². The molecule has 1 N–H and O–H groups in total. The number of ketones is 1. The third kappa shape index (κ3) is 3.68. The van der Waals surface area contributed by atoms with Crippen molar-refractivity contribution in [1.82, 2.24) is 19.7 Å². The maximum absolute atomic E-state index is 12.3. The molecule has 0 atom stereocenters. The lowest BCUT2D eigenvalue weighted by Gasteiger charge is -2.05. The maximum Gasteiger partial charge on any atom is 0.262 e. The first-order valence-electron chi connectivity index (χ1n) is 8.41. The number of para-hydroxylation sites is 1. The number of carbonyl (C=O) groups excluding carboxylic acids is 1. The number of aromatic amines is 1. The maximum atomic E-state index is 12.3. The summed E-state index contributed by atoms with van der Waals surface area (Å²) in [5.41, 5.74) is 1.80. The van der Waals surface area contributed by atoms with E-state index in [-0.39, 0.29) is 11.3 Å². The lowest BCUT2D eigenvalue weighted by atomic mass is 10.2. The van der Waals surface area contributed by atoms with Gasteiger partial charge in [0.25, 0.3) is 5.56 Å². The molecule has 0 saturated heterocycles. The number of Topliss-reactive ketones (excluding diaryl/α,β-unsaturated/α-hetero) is 1. The number of hydrogen-bond donors (Lipinski definition) is 1. The van der Waals surface area contributed by atoms with Gasteiger partial charge in [0.1, 0.15) is 11.2 Å². The van der Waals surface area contributed by atoms with E-state index in [9.17, 15) is 9.59 Å². The summed E-state index contributed by atoms with van der Waals surface area (Å²) in [6.45, 7) is 0. The average molecular weight is 376 g/mol. The van der Waals surface area contributed by atoms with E-state index in [1.54, 1.807) is 16.8 Å². The van der Waals surface area contributed by atoms with E-state index in [1.165, 1.54) is 18.0 Å². The number of aromatic nitrogens is 4. The molecule has 0 aliphatic heterocycles. The fourth-order valence-corrected chi connectivity index (χ4v) is 3.52. The van der Waals surface area contributed by atoms with E-state index in [4.69, 9.17) is 0 Å². The Morgan fingerprint density at radius 2 is 1.74 bits per heavy atom. The molecule has 0 amide bonds. The minimum absolute atomic E-state index is 0.0540. The molecule has 0 aliphatic carbocycles. The van der Waals surface area contributed by atoms with Crippen LogP contribution in [0.2, 0.25) is 0 Å². The largest absolute Gasteiger partial charge is 0.309 e. The van der Waals surface area contributed by atoms with Crippen molar-refractivity contribution in [2.75, 3.05) is 5.75 Å². The molecule has 0 bridgehead atoms. The molecule has 0 fully saturated rings. The summed E-state index contributed by atoms with van der Waals surface area (Å²) in [4.78, 5) is 31.9. The van der Waals surface area contributed by atoms with Gasteiger partial charge in [-0.2, -0.15) is 5.10 Å². The van der Waals surface area contributed by atoms with Crippen LogP contribution in [0.3, 0.4) is 0 Å². The van der Waals surface area contributed by atoms with E-state index in [0.717, 1.165) is 5.69 Å². The minimum Gasteiger partial charge on any atom is -0.309 e. The van der Waals surface area contributed by atoms with Gasteiger partial charge in [-0.3, -0.25) is 9.59 Å². The molecule has 2 aromatic carbocycles. The van der Waals surface area contributed by atoms with Gasteiger partial charge in [0.15, 0.2) is 11.4 Å². The molecule has 0 unspecified atom stereocenters. The van der Waals surface area contributed by atoms with E-state index in [2.05, 4.69) is 15.1 Å². The molecule has 0 saturated carbocycles. The summed E-state index contributed by atoms with van der Waals surface area (Å²) < 4.78 is 1.65. The van der Waals surface area contributed by atoms with Crippen LogP contribution in [-0.2, 0) is 5.75 Å². The van der Waals surface area contributed by atoms with E-state index in [1.807, 2.05) is 48.5 Å². The fourth-order valence-electron chi connectivity index (χ4n) is 2.74. The highest BCUT2D eigenvalue weighted by Gasteiger charge is 2.12. The molecule has 0 radical (unpaired) electrons. The Hall–Kier alpha value is -3.19. The Bertz CT molecular complexity index is 1140. The molecular formula is C20H16N4O2S. The van der Waals surface area contributed by atoms with Gasteiger partial charge < -0.3 is 4.98 Å². The van der Waals surface area contributed by atoms with Gasteiger partial charge in [0.2, 0.25) is 0 Å². The lowest BCUT2D eigenvalue weighted by Crippen LogP contribution is -2.12. The predicted molar refractivity (Wildman–Crippen MR) is 106 cm³/mol. The zero-order valence-corrected chi connectivity index (χ0v) is 15.1. The fraction of sp³-hybridized carbons (Fsp3) is 0.100. The van der Waals surface area contributed by atoms with Crippen LogP contribution in [0.4, 0.5) is 0 Å². The second kappa shape index (κ2) is 7.59. The number of nitrogens with one attached hydrogen (secondary N) is 1. The minimum atomic E-state index is -0.229. The highest BCUT2D eigenvalue weighted by atomic mass is 32.2.